The van der Waals surface area contributed by atoms with Gasteiger partial charge in [0.15, 0.2) is 5.90 Å². The Bertz CT molecular complexity index is 743. The number of aromatic nitrogens is 1. The summed E-state index contributed by atoms with van der Waals surface area (Å²) in [6.07, 6.45) is 0.660. The number of fused-ring (bicyclic) bond motifs is 1. The van der Waals surface area contributed by atoms with Gasteiger partial charge in [-0.2, -0.15) is 0 Å². The summed E-state index contributed by atoms with van der Waals surface area (Å²) in [6.45, 7) is 6.90. The van der Waals surface area contributed by atoms with Crippen molar-refractivity contribution in [3.8, 4) is 0 Å². The fraction of sp³-hybridized carbons (Fsp3) is 0.412. The van der Waals surface area contributed by atoms with Gasteiger partial charge in [0.05, 0.1) is 12.1 Å². The van der Waals surface area contributed by atoms with E-state index in [2.05, 4.69) is 23.8 Å². The highest BCUT2D eigenvalue weighted by molar-refractivity contribution is 5.95. The molecule has 5 nitrogen and oxygen atoms in total. The first-order valence-electron chi connectivity index (χ1n) is 7.47. The lowest BCUT2D eigenvalue weighted by atomic mass is 10.1. The number of carbonyl (C=O) groups excluding carboxylic acids is 1. The summed E-state index contributed by atoms with van der Waals surface area (Å²) in [5, 5.41) is 0.987. The zero-order valence-corrected chi connectivity index (χ0v) is 13.1. The molecule has 1 aliphatic rings. The van der Waals surface area contributed by atoms with E-state index >= 15 is 0 Å². The van der Waals surface area contributed by atoms with Crippen molar-refractivity contribution in [1.82, 2.24) is 4.98 Å². The van der Waals surface area contributed by atoms with Crippen molar-refractivity contribution in [2.45, 2.75) is 32.7 Å². The lowest BCUT2D eigenvalue weighted by Gasteiger charge is -2.07. The number of ether oxygens (including phenoxy) is 2. The maximum absolute atomic E-state index is 11.8. The van der Waals surface area contributed by atoms with E-state index in [-0.39, 0.29) is 11.5 Å². The second kappa shape index (κ2) is 5.48. The molecule has 1 aromatic heterocycles. The smallest absolute Gasteiger partial charge is 0.354 e. The predicted molar refractivity (Wildman–Crippen MR) is 85.4 cm³/mol. The second-order valence-corrected chi connectivity index (χ2v) is 6.11. The molecule has 0 saturated carbocycles. The van der Waals surface area contributed by atoms with Crippen LogP contribution < -0.4 is 0 Å². The summed E-state index contributed by atoms with van der Waals surface area (Å²) in [7, 11) is 0. The number of H-pyrrole nitrogens is 1. The van der Waals surface area contributed by atoms with E-state index in [1.54, 1.807) is 6.92 Å². The molecule has 2 heterocycles. The Balaban J connectivity index is 1.82. The molecule has 0 atom stereocenters. The molecule has 0 saturated heterocycles. The number of hydrogen-bond donors (Lipinski definition) is 1. The normalized spacial score (nSPS) is 16.4. The van der Waals surface area contributed by atoms with Crippen LogP contribution >= 0.6 is 0 Å². The van der Waals surface area contributed by atoms with Crippen LogP contribution in [0, 0.1) is 0 Å². The van der Waals surface area contributed by atoms with E-state index in [4.69, 9.17) is 9.47 Å². The fourth-order valence-electron chi connectivity index (χ4n) is 2.53. The van der Waals surface area contributed by atoms with Crippen LogP contribution in [0.25, 0.3) is 10.9 Å². The number of benzene rings is 1. The first kappa shape index (κ1) is 14.6. The molecule has 5 heteroatoms. The third-order valence-electron chi connectivity index (χ3n) is 3.56. The van der Waals surface area contributed by atoms with Crippen molar-refractivity contribution < 1.29 is 14.3 Å². The summed E-state index contributed by atoms with van der Waals surface area (Å²) in [6, 6.07) is 7.85. The van der Waals surface area contributed by atoms with Crippen LogP contribution in [-0.4, -0.2) is 35.6 Å². The van der Waals surface area contributed by atoms with Gasteiger partial charge in [-0.3, -0.25) is 0 Å². The number of nitrogens with zero attached hydrogens (tertiary/aromatic N) is 1. The van der Waals surface area contributed by atoms with Crippen LogP contribution in [0.5, 0.6) is 0 Å². The number of esters is 1. The van der Waals surface area contributed by atoms with Crippen molar-refractivity contribution in [1.29, 1.82) is 0 Å². The first-order chi connectivity index (χ1) is 10.5. The average Bonchev–Trinajstić information content (AvgIpc) is 3.02. The van der Waals surface area contributed by atoms with Gasteiger partial charge in [0.1, 0.15) is 12.3 Å². The SMILES string of the molecule is CCOC(=O)c1cc2ccc(CC3=NC(C)(C)CO3)cc2[nH]1. The molecule has 1 N–H and O–H groups in total. The third kappa shape index (κ3) is 2.98. The molecule has 0 spiro atoms. The van der Waals surface area contributed by atoms with E-state index in [9.17, 15) is 4.79 Å². The minimum atomic E-state index is -0.328. The number of rotatable bonds is 4. The van der Waals surface area contributed by atoms with E-state index in [0.29, 0.717) is 25.3 Å². The van der Waals surface area contributed by atoms with Gasteiger partial charge in [-0.1, -0.05) is 12.1 Å². The van der Waals surface area contributed by atoms with Gasteiger partial charge in [0.25, 0.3) is 0 Å². The standard InChI is InChI=1S/C17H20N2O3/c1-4-21-16(20)14-9-12-6-5-11(7-13(12)18-14)8-15-19-17(2,3)10-22-15/h5-7,9,18H,4,8,10H2,1-3H3. The average molecular weight is 300 g/mol. The summed E-state index contributed by atoms with van der Waals surface area (Å²) < 4.78 is 10.6. The molecule has 0 amide bonds. The highest BCUT2D eigenvalue weighted by atomic mass is 16.5. The van der Waals surface area contributed by atoms with Crippen LogP contribution in [0.4, 0.5) is 0 Å². The molecule has 0 radical (unpaired) electrons. The molecule has 22 heavy (non-hydrogen) atoms. The van der Waals surface area contributed by atoms with Gasteiger partial charge in [0.2, 0.25) is 0 Å². The molecular formula is C17H20N2O3. The highest BCUT2D eigenvalue weighted by Crippen LogP contribution is 2.22. The zero-order valence-electron chi connectivity index (χ0n) is 13.1. The van der Waals surface area contributed by atoms with E-state index in [0.717, 1.165) is 22.4 Å². The molecule has 2 aromatic rings. The highest BCUT2D eigenvalue weighted by Gasteiger charge is 2.26. The number of aliphatic imine (C=N–C) groups is 1. The van der Waals surface area contributed by atoms with Gasteiger partial charge >= 0.3 is 5.97 Å². The van der Waals surface area contributed by atoms with Gasteiger partial charge in [-0.25, -0.2) is 9.79 Å². The number of carbonyl (C=O) groups is 1. The minimum Gasteiger partial charge on any atom is -0.478 e. The molecule has 1 aromatic carbocycles. The van der Waals surface area contributed by atoms with Gasteiger partial charge in [-0.15, -0.1) is 0 Å². The van der Waals surface area contributed by atoms with E-state index in [1.165, 1.54) is 0 Å². The van der Waals surface area contributed by atoms with Crippen molar-refractivity contribution >= 4 is 22.8 Å². The molecule has 0 bridgehead atoms. The van der Waals surface area contributed by atoms with E-state index in [1.807, 2.05) is 24.3 Å². The quantitative estimate of drug-likeness (QED) is 0.882. The number of hydrogen-bond acceptors (Lipinski definition) is 4. The van der Waals surface area contributed by atoms with Crippen molar-refractivity contribution in [3.63, 3.8) is 0 Å². The Morgan fingerprint density at radius 3 is 2.91 bits per heavy atom. The Labute approximate surface area is 129 Å². The van der Waals surface area contributed by atoms with Crippen LogP contribution in [0.15, 0.2) is 29.3 Å². The fourth-order valence-corrected chi connectivity index (χ4v) is 2.53. The number of aromatic amines is 1. The monoisotopic (exact) mass is 300 g/mol. The minimum absolute atomic E-state index is 0.136. The summed E-state index contributed by atoms with van der Waals surface area (Å²) in [4.78, 5) is 19.4. The molecule has 0 aliphatic carbocycles. The summed E-state index contributed by atoms with van der Waals surface area (Å²) in [5.41, 5.74) is 2.35. The van der Waals surface area contributed by atoms with Crippen LogP contribution in [-0.2, 0) is 15.9 Å². The van der Waals surface area contributed by atoms with Crippen molar-refractivity contribution in [2.24, 2.45) is 4.99 Å². The van der Waals surface area contributed by atoms with Gasteiger partial charge < -0.3 is 14.5 Å². The predicted octanol–water partition coefficient (Wildman–Crippen LogP) is 3.09. The number of nitrogens with one attached hydrogen (secondary N) is 1. The van der Waals surface area contributed by atoms with Crippen LogP contribution in [0.3, 0.4) is 0 Å². The third-order valence-corrected chi connectivity index (χ3v) is 3.56. The first-order valence-corrected chi connectivity index (χ1v) is 7.47. The largest absolute Gasteiger partial charge is 0.478 e. The van der Waals surface area contributed by atoms with Crippen LogP contribution in [0.1, 0.15) is 36.8 Å². The topological polar surface area (TPSA) is 63.7 Å². The maximum Gasteiger partial charge on any atom is 0.354 e. The summed E-state index contributed by atoms with van der Waals surface area (Å²) in [5.74, 6) is 0.437. The molecule has 1 aliphatic heterocycles. The maximum atomic E-state index is 11.8. The second-order valence-electron chi connectivity index (χ2n) is 6.11. The molecular weight excluding hydrogens is 280 g/mol. The van der Waals surface area contributed by atoms with Gasteiger partial charge in [-0.05, 0) is 38.5 Å². The summed E-state index contributed by atoms with van der Waals surface area (Å²) >= 11 is 0. The Kier molecular flexibility index (Phi) is 3.64. The van der Waals surface area contributed by atoms with E-state index < -0.39 is 0 Å². The molecule has 0 fully saturated rings. The van der Waals surface area contributed by atoms with Crippen LogP contribution in [0.2, 0.25) is 0 Å². The Hall–Kier alpha value is -2.30. The van der Waals surface area contributed by atoms with Gasteiger partial charge in [0, 0.05) is 17.3 Å². The lowest BCUT2D eigenvalue weighted by Crippen LogP contribution is -2.17. The lowest BCUT2D eigenvalue weighted by molar-refractivity contribution is 0.0520. The molecule has 0 unspecified atom stereocenters. The molecule has 3 rings (SSSR count). The van der Waals surface area contributed by atoms with Crippen molar-refractivity contribution in [3.05, 3.63) is 35.5 Å². The Morgan fingerprint density at radius 1 is 1.41 bits per heavy atom. The zero-order chi connectivity index (χ0) is 15.7. The van der Waals surface area contributed by atoms with Crippen molar-refractivity contribution in [2.75, 3.05) is 13.2 Å². The Morgan fingerprint density at radius 2 is 2.23 bits per heavy atom. The molecule has 116 valence electrons.